The lowest BCUT2D eigenvalue weighted by Gasteiger charge is -2.46. The summed E-state index contributed by atoms with van der Waals surface area (Å²) in [5, 5.41) is 24.3. The summed E-state index contributed by atoms with van der Waals surface area (Å²) in [4.78, 5) is 26.3. The summed E-state index contributed by atoms with van der Waals surface area (Å²) in [7, 11) is 0. The van der Waals surface area contributed by atoms with Gasteiger partial charge in [-0.15, -0.1) is 10.2 Å². The average Bonchev–Trinajstić information content (AvgIpc) is 3.57. The number of ether oxygens (including phenoxy) is 2. The van der Waals surface area contributed by atoms with Gasteiger partial charge in [0, 0.05) is 30.7 Å². The number of carbonyl (C=O) groups is 2. The van der Waals surface area contributed by atoms with Gasteiger partial charge in [0.1, 0.15) is 17.4 Å². The number of H-pyrrole nitrogens is 1. The van der Waals surface area contributed by atoms with Crippen molar-refractivity contribution in [3.63, 3.8) is 0 Å². The van der Waals surface area contributed by atoms with E-state index in [1.807, 2.05) is 47.3 Å². The Balaban J connectivity index is 1.34. The Bertz CT molecular complexity index is 1240. The number of amides is 1. The molecular weight excluding hydrogens is 476 g/mol. The van der Waals surface area contributed by atoms with E-state index < -0.39 is 23.7 Å². The zero-order valence-electron chi connectivity index (χ0n) is 21.2. The van der Waals surface area contributed by atoms with Crippen LogP contribution in [-0.2, 0) is 9.53 Å². The predicted octanol–water partition coefficient (Wildman–Crippen LogP) is 3.92. The number of fused-ring (bicyclic) bond motifs is 1. The third-order valence-corrected chi connectivity index (χ3v) is 7.09. The number of aromatic amines is 1. The molecule has 37 heavy (non-hydrogen) atoms. The predicted molar refractivity (Wildman–Crippen MR) is 133 cm³/mol. The quantitative estimate of drug-likeness (QED) is 0.529. The third-order valence-electron chi connectivity index (χ3n) is 7.09. The Morgan fingerprint density at radius 3 is 2.57 bits per heavy atom. The van der Waals surface area contributed by atoms with Crippen molar-refractivity contribution in [3.05, 3.63) is 42.7 Å². The first kappa shape index (κ1) is 24.8. The second kappa shape index (κ2) is 9.87. The number of piperidine rings is 1. The number of carbonyl (C=O) groups excluding carboxylic acids is 1. The fraction of sp³-hybridized carbons (Fsp3) is 0.500. The number of aliphatic carboxylic acids is 1. The molecule has 1 aliphatic heterocycles. The van der Waals surface area contributed by atoms with Gasteiger partial charge >= 0.3 is 12.1 Å². The minimum Gasteiger partial charge on any atom is -0.490 e. The highest BCUT2D eigenvalue weighted by atomic mass is 16.6. The van der Waals surface area contributed by atoms with Crippen molar-refractivity contribution in [2.75, 3.05) is 6.54 Å². The summed E-state index contributed by atoms with van der Waals surface area (Å²) in [5.74, 6) is 0.410. The number of likely N-dealkylation sites (tertiary alicyclic amines) is 1. The van der Waals surface area contributed by atoms with E-state index >= 15 is 0 Å². The lowest BCUT2D eigenvalue weighted by molar-refractivity contribution is -0.147. The van der Waals surface area contributed by atoms with Gasteiger partial charge in [-0.25, -0.2) is 9.59 Å². The van der Waals surface area contributed by atoms with E-state index in [1.165, 1.54) is 4.90 Å². The van der Waals surface area contributed by atoms with E-state index in [1.54, 1.807) is 20.8 Å². The van der Waals surface area contributed by atoms with E-state index in [4.69, 9.17) is 9.47 Å². The number of benzene rings is 1. The minimum atomic E-state index is -1.01. The lowest BCUT2D eigenvalue weighted by atomic mass is 9.72. The van der Waals surface area contributed by atoms with Crippen LogP contribution in [-0.4, -0.2) is 71.6 Å². The molecule has 3 heterocycles. The first-order chi connectivity index (χ1) is 17.7. The molecule has 2 N–H and O–H groups in total. The number of carboxylic acid groups (broad SMARTS) is 1. The molecule has 2 fully saturated rings. The van der Waals surface area contributed by atoms with Crippen LogP contribution in [0.5, 0.6) is 5.75 Å². The van der Waals surface area contributed by atoms with Gasteiger partial charge in [0.15, 0.2) is 0 Å². The largest absolute Gasteiger partial charge is 0.490 e. The van der Waals surface area contributed by atoms with Gasteiger partial charge in [0.05, 0.1) is 11.7 Å². The molecule has 3 aromatic rings. The van der Waals surface area contributed by atoms with E-state index in [0.717, 1.165) is 24.1 Å². The van der Waals surface area contributed by atoms with Crippen molar-refractivity contribution in [2.45, 2.75) is 64.2 Å². The lowest BCUT2D eigenvalue weighted by Crippen LogP contribution is -2.56. The van der Waals surface area contributed by atoms with Crippen molar-refractivity contribution in [1.82, 2.24) is 30.1 Å². The maximum absolute atomic E-state index is 12.8. The number of hydrogen-bond donors (Lipinski definition) is 2. The second-order valence-corrected chi connectivity index (χ2v) is 10.8. The molecule has 4 unspecified atom stereocenters. The van der Waals surface area contributed by atoms with Gasteiger partial charge in [-0.05, 0) is 87.8 Å². The van der Waals surface area contributed by atoms with Crippen LogP contribution in [0.2, 0.25) is 0 Å². The highest BCUT2D eigenvalue weighted by Crippen LogP contribution is 2.41. The number of carboxylic acids is 1. The monoisotopic (exact) mass is 508 g/mol. The molecule has 2 aliphatic rings. The molecule has 2 aromatic heterocycles. The zero-order chi connectivity index (χ0) is 26.2. The third kappa shape index (κ3) is 5.45. The second-order valence-electron chi connectivity index (χ2n) is 10.8. The number of rotatable bonds is 5. The minimum absolute atomic E-state index is 0.102. The number of nitrogens with zero attached hydrogens (tertiary/aromatic N) is 5. The summed E-state index contributed by atoms with van der Waals surface area (Å²) in [6, 6.07) is 8.85. The highest BCUT2D eigenvalue weighted by molar-refractivity contribution is 5.80. The number of nitrogens with one attached hydrogen (secondary N) is 1. The van der Waals surface area contributed by atoms with Crippen LogP contribution in [0.4, 0.5) is 4.79 Å². The van der Waals surface area contributed by atoms with Gasteiger partial charge < -0.3 is 19.1 Å². The zero-order valence-corrected chi connectivity index (χ0v) is 21.2. The molecule has 1 amide bonds. The van der Waals surface area contributed by atoms with Crippen molar-refractivity contribution in [2.24, 2.45) is 11.8 Å². The van der Waals surface area contributed by atoms with Crippen molar-refractivity contribution < 1.29 is 24.2 Å². The van der Waals surface area contributed by atoms with Gasteiger partial charge in [-0.3, -0.25) is 4.90 Å². The molecule has 1 aliphatic carbocycles. The first-order valence-electron chi connectivity index (χ1n) is 12.6. The molecule has 5 rings (SSSR count). The maximum Gasteiger partial charge on any atom is 0.411 e. The topological polar surface area (TPSA) is 135 Å². The van der Waals surface area contributed by atoms with Gasteiger partial charge in [0.2, 0.25) is 5.82 Å². The number of hydrogen-bond acceptors (Lipinski definition) is 7. The van der Waals surface area contributed by atoms with Crippen LogP contribution in [0, 0.1) is 11.8 Å². The van der Waals surface area contributed by atoms with Crippen molar-refractivity contribution in [3.8, 4) is 22.8 Å². The fourth-order valence-corrected chi connectivity index (χ4v) is 5.39. The molecule has 11 heteroatoms. The summed E-state index contributed by atoms with van der Waals surface area (Å²) in [6.07, 6.45) is 5.95. The highest BCUT2D eigenvalue weighted by Gasteiger charge is 2.45. The fourth-order valence-electron chi connectivity index (χ4n) is 5.39. The SMILES string of the molecule is CC(C)(C)OC(=O)N1CC2CCC(Oc3cc(-n4cccc4)ccc3-c3nn[nH]n3)CC2CC1C(=O)O. The van der Waals surface area contributed by atoms with E-state index in [2.05, 4.69) is 20.6 Å². The van der Waals surface area contributed by atoms with Crippen LogP contribution in [0.1, 0.15) is 46.5 Å². The van der Waals surface area contributed by atoms with Gasteiger partial charge in [0.25, 0.3) is 0 Å². The number of tetrazole rings is 1. The standard InChI is InChI=1S/C26H32N6O5/c1-26(2,3)37-25(35)32-15-16-6-8-19(12-17(16)13-21(32)24(33)34)36-22-14-18(31-10-4-5-11-31)7-9-20(22)23-27-29-30-28-23/h4-5,7,9-11,14,16-17,19,21H,6,8,12-13,15H2,1-3H3,(H,33,34)(H,27,28,29,30). The van der Waals surface area contributed by atoms with Gasteiger partial charge in [-0.2, -0.15) is 5.21 Å². The summed E-state index contributed by atoms with van der Waals surface area (Å²) < 4.78 is 14.0. The maximum atomic E-state index is 12.8. The molecule has 1 saturated carbocycles. The average molecular weight is 509 g/mol. The Hall–Kier alpha value is -3.89. The van der Waals surface area contributed by atoms with Crippen LogP contribution in [0.3, 0.4) is 0 Å². The van der Waals surface area contributed by atoms with Crippen LogP contribution in [0.15, 0.2) is 42.7 Å². The van der Waals surface area contributed by atoms with E-state index in [-0.39, 0.29) is 17.9 Å². The Kier molecular flexibility index (Phi) is 6.61. The molecule has 196 valence electrons. The Morgan fingerprint density at radius 1 is 1.11 bits per heavy atom. The Labute approximate surface area is 214 Å². The Morgan fingerprint density at radius 2 is 1.89 bits per heavy atom. The molecule has 11 nitrogen and oxygen atoms in total. The molecule has 1 saturated heterocycles. The van der Waals surface area contributed by atoms with E-state index in [9.17, 15) is 14.7 Å². The van der Waals surface area contributed by atoms with Crippen LogP contribution < -0.4 is 4.74 Å². The van der Waals surface area contributed by atoms with Gasteiger partial charge in [-0.1, -0.05) is 0 Å². The summed E-state index contributed by atoms with van der Waals surface area (Å²) in [6.45, 7) is 5.72. The molecule has 1 aromatic carbocycles. The van der Waals surface area contributed by atoms with Crippen LogP contribution in [0.25, 0.3) is 17.1 Å². The van der Waals surface area contributed by atoms with Crippen molar-refractivity contribution >= 4 is 12.1 Å². The summed E-state index contributed by atoms with van der Waals surface area (Å²) in [5.41, 5.74) is 0.987. The molecule has 0 spiro atoms. The molecular formula is C26H32N6O5. The molecule has 0 bridgehead atoms. The van der Waals surface area contributed by atoms with E-state index in [0.29, 0.717) is 31.0 Å². The first-order valence-corrected chi connectivity index (χ1v) is 12.6. The molecule has 4 atom stereocenters. The van der Waals surface area contributed by atoms with Crippen LogP contribution >= 0.6 is 0 Å². The molecule has 0 radical (unpaired) electrons. The number of aromatic nitrogens is 5. The van der Waals surface area contributed by atoms with Crippen molar-refractivity contribution in [1.29, 1.82) is 0 Å². The summed E-state index contributed by atoms with van der Waals surface area (Å²) >= 11 is 0. The normalized spacial score (nSPS) is 23.8. The smallest absolute Gasteiger partial charge is 0.411 e.